The molecular weight excluding hydrogens is 223 g/mol. The van der Waals surface area contributed by atoms with Crippen molar-refractivity contribution in [3.63, 3.8) is 0 Å². The third-order valence-corrected chi connectivity index (χ3v) is 3.00. The summed E-state index contributed by atoms with van der Waals surface area (Å²) in [7, 11) is 0. The molecule has 2 heterocycles. The molecule has 0 aliphatic carbocycles. The average Bonchev–Trinajstić information content (AvgIpc) is 2.29. The van der Waals surface area contributed by atoms with Gasteiger partial charge in [0.25, 0.3) is 5.91 Å². The van der Waals surface area contributed by atoms with E-state index in [0.717, 1.165) is 18.9 Å². The molecule has 92 valence electrons. The summed E-state index contributed by atoms with van der Waals surface area (Å²) < 4.78 is 18.1. The standard InChI is InChI=1S/C12H15FN2O2/c1-12(3-6-17-7-4-12)15-11(16)9-2-5-14-10(13)8-9/h2,5,8H,3-4,6-7H2,1H3,(H,15,16). The summed E-state index contributed by atoms with van der Waals surface area (Å²) in [5, 5.41) is 2.93. The van der Waals surface area contributed by atoms with Crippen molar-refractivity contribution in [2.75, 3.05) is 13.2 Å². The van der Waals surface area contributed by atoms with Gasteiger partial charge in [-0.3, -0.25) is 4.79 Å². The second-order valence-corrected chi connectivity index (χ2v) is 4.49. The molecule has 1 aromatic rings. The number of aromatic nitrogens is 1. The predicted molar refractivity (Wildman–Crippen MR) is 60.1 cm³/mol. The van der Waals surface area contributed by atoms with Crippen molar-refractivity contribution in [2.24, 2.45) is 0 Å². The molecule has 0 saturated carbocycles. The van der Waals surface area contributed by atoms with E-state index in [-0.39, 0.29) is 11.4 Å². The van der Waals surface area contributed by atoms with E-state index in [1.165, 1.54) is 12.3 Å². The Bertz CT molecular complexity index is 417. The zero-order valence-corrected chi connectivity index (χ0v) is 9.70. The highest BCUT2D eigenvalue weighted by molar-refractivity contribution is 5.94. The molecule has 0 spiro atoms. The fourth-order valence-corrected chi connectivity index (χ4v) is 1.84. The molecular formula is C12H15FN2O2. The molecule has 1 aliphatic rings. The van der Waals surface area contributed by atoms with Gasteiger partial charge in [-0.15, -0.1) is 0 Å². The van der Waals surface area contributed by atoms with Crippen LogP contribution in [0.2, 0.25) is 0 Å². The lowest BCUT2D eigenvalue weighted by Gasteiger charge is -2.34. The van der Waals surface area contributed by atoms with Crippen molar-refractivity contribution in [3.05, 3.63) is 29.8 Å². The number of rotatable bonds is 2. The topological polar surface area (TPSA) is 51.2 Å². The first-order chi connectivity index (χ1) is 8.09. The molecule has 1 amide bonds. The number of halogens is 1. The molecule has 1 fully saturated rings. The van der Waals surface area contributed by atoms with Gasteiger partial charge < -0.3 is 10.1 Å². The Hall–Kier alpha value is -1.49. The zero-order valence-electron chi connectivity index (χ0n) is 9.70. The molecule has 0 unspecified atom stereocenters. The van der Waals surface area contributed by atoms with Gasteiger partial charge in [0.15, 0.2) is 0 Å². The first-order valence-electron chi connectivity index (χ1n) is 5.61. The van der Waals surface area contributed by atoms with Crippen molar-refractivity contribution < 1.29 is 13.9 Å². The van der Waals surface area contributed by atoms with Crippen LogP contribution in [0.1, 0.15) is 30.1 Å². The monoisotopic (exact) mass is 238 g/mol. The summed E-state index contributed by atoms with van der Waals surface area (Å²) in [6, 6.07) is 2.64. The smallest absolute Gasteiger partial charge is 0.251 e. The maximum atomic E-state index is 12.9. The lowest BCUT2D eigenvalue weighted by Crippen LogP contribution is -2.49. The number of hydrogen-bond acceptors (Lipinski definition) is 3. The van der Waals surface area contributed by atoms with Crippen LogP contribution in [0.5, 0.6) is 0 Å². The van der Waals surface area contributed by atoms with Crippen LogP contribution < -0.4 is 5.32 Å². The SMILES string of the molecule is CC1(NC(=O)c2ccnc(F)c2)CCOCC1. The summed E-state index contributed by atoms with van der Waals surface area (Å²) in [4.78, 5) is 15.3. The third kappa shape index (κ3) is 3.00. The molecule has 1 N–H and O–H groups in total. The van der Waals surface area contributed by atoms with Gasteiger partial charge in [0.2, 0.25) is 5.95 Å². The van der Waals surface area contributed by atoms with E-state index < -0.39 is 5.95 Å². The fourth-order valence-electron chi connectivity index (χ4n) is 1.84. The normalized spacial score (nSPS) is 18.7. The van der Waals surface area contributed by atoms with Crippen molar-refractivity contribution in [2.45, 2.75) is 25.3 Å². The summed E-state index contributed by atoms with van der Waals surface area (Å²) in [5.41, 5.74) is 0.0277. The van der Waals surface area contributed by atoms with Gasteiger partial charge in [-0.2, -0.15) is 4.39 Å². The van der Waals surface area contributed by atoms with Crippen molar-refractivity contribution >= 4 is 5.91 Å². The maximum absolute atomic E-state index is 12.9. The summed E-state index contributed by atoms with van der Waals surface area (Å²) in [6.45, 7) is 3.26. The second kappa shape index (κ2) is 4.79. The molecule has 4 nitrogen and oxygen atoms in total. The molecule has 0 bridgehead atoms. The Balaban J connectivity index is 2.06. The van der Waals surface area contributed by atoms with Gasteiger partial charge in [-0.25, -0.2) is 4.98 Å². The van der Waals surface area contributed by atoms with Crippen LogP contribution in [-0.4, -0.2) is 29.6 Å². The molecule has 0 aromatic carbocycles. The number of amides is 1. The van der Waals surface area contributed by atoms with Crippen LogP contribution >= 0.6 is 0 Å². The lowest BCUT2D eigenvalue weighted by atomic mass is 9.92. The highest BCUT2D eigenvalue weighted by Gasteiger charge is 2.29. The number of pyridine rings is 1. The minimum atomic E-state index is -0.644. The number of carbonyl (C=O) groups excluding carboxylic acids is 1. The van der Waals surface area contributed by atoms with E-state index in [4.69, 9.17) is 4.74 Å². The minimum Gasteiger partial charge on any atom is -0.381 e. The van der Waals surface area contributed by atoms with Gasteiger partial charge in [-0.1, -0.05) is 0 Å². The van der Waals surface area contributed by atoms with E-state index in [1.807, 2.05) is 6.92 Å². The maximum Gasteiger partial charge on any atom is 0.251 e. The Kier molecular flexibility index (Phi) is 3.38. The van der Waals surface area contributed by atoms with E-state index in [9.17, 15) is 9.18 Å². The summed E-state index contributed by atoms with van der Waals surface area (Å²) >= 11 is 0. The average molecular weight is 238 g/mol. The van der Waals surface area contributed by atoms with Gasteiger partial charge in [0.05, 0.1) is 0 Å². The van der Waals surface area contributed by atoms with Gasteiger partial charge in [0, 0.05) is 36.6 Å². The number of nitrogens with zero attached hydrogens (tertiary/aromatic N) is 1. The first kappa shape index (κ1) is 12.0. The molecule has 1 aliphatic heterocycles. The largest absolute Gasteiger partial charge is 0.381 e. The van der Waals surface area contributed by atoms with Crippen LogP contribution in [-0.2, 0) is 4.74 Å². The fraction of sp³-hybridized carbons (Fsp3) is 0.500. The Morgan fingerprint density at radius 2 is 2.24 bits per heavy atom. The zero-order chi connectivity index (χ0) is 12.3. The Morgan fingerprint density at radius 1 is 1.53 bits per heavy atom. The van der Waals surface area contributed by atoms with Crippen molar-refractivity contribution in [3.8, 4) is 0 Å². The van der Waals surface area contributed by atoms with Crippen LogP contribution in [0.25, 0.3) is 0 Å². The van der Waals surface area contributed by atoms with Crippen LogP contribution in [0.3, 0.4) is 0 Å². The Morgan fingerprint density at radius 3 is 2.88 bits per heavy atom. The van der Waals surface area contributed by atoms with Crippen molar-refractivity contribution in [1.29, 1.82) is 0 Å². The number of hydrogen-bond donors (Lipinski definition) is 1. The van der Waals surface area contributed by atoms with E-state index in [1.54, 1.807) is 0 Å². The number of ether oxygens (including phenoxy) is 1. The predicted octanol–water partition coefficient (Wildman–Crippen LogP) is 1.52. The van der Waals surface area contributed by atoms with Crippen LogP contribution in [0.4, 0.5) is 4.39 Å². The molecule has 1 saturated heterocycles. The molecule has 5 heteroatoms. The highest BCUT2D eigenvalue weighted by atomic mass is 19.1. The van der Waals surface area contributed by atoms with Crippen molar-refractivity contribution in [1.82, 2.24) is 10.3 Å². The number of carbonyl (C=O) groups is 1. The van der Waals surface area contributed by atoms with Gasteiger partial charge in [0.1, 0.15) is 0 Å². The summed E-state index contributed by atoms with van der Waals surface area (Å²) in [5.74, 6) is -0.912. The van der Waals surface area contributed by atoms with E-state index in [0.29, 0.717) is 18.8 Å². The Labute approximate surface area is 99.2 Å². The molecule has 0 radical (unpaired) electrons. The molecule has 0 atom stereocenters. The summed E-state index contributed by atoms with van der Waals surface area (Å²) in [6.07, 6.45) is 2.83. The minimum absolute atomic E-state index is 0.268. The second-order valence-electron chi connectivity index (χ2n) is 4.49. The highest BCUT2D eigenvalue weighted by Crippen LogP contribution is 2.20. The van der Waals surface area contributed by atoms with Crippen LogP contribution in [0.15, 0.2) is 18.3 Å². The van der Waals surface area contributed by atoms with E-state index >= 15 is 0 Å². The van der Waals surface area contributed by atoms with Gasteiger partial charge >= 0.3 is 0 Å². The molecule has 1 aromatic heterocycles. The van der Waals surface area contributed by atoms with Crippen LogP contribution in [0, 0.1) is 5.95 Å². The lowest BCUT2D eigenvalue weighted by molar-refractivity contribution is 0.0422. The molecule has 2 rings (SSSR count). The van der Waals surface area contributed by atoms with E-state index in [2.05, 4.69) is 10.3 Å². The first-order valence-corrected chi connectivity index (χ1v) is 5.61. The molecule has 17 heavy (non-hydrogen) atoms. The number of nitrogens with one attached hydrogen (secondary N) is 1. The third-order valence-electron chi connectivity index (χ3n) is 3.00. The van der Waals surface area contributed by atoms with Gasteiger partial charge in [-0.05, 0) is 25.8 Å². The quantitative estimate of drug-likeness (QED) is 0.795.